The van der Waals surface area contributed by atoms with E-state index in [9.17, 15) is 14.7 Å². The van der Waals surface area contributed by atoms with Gasteiger partial charge in [0.15, 0.2) is 23.1 Å². The second kappa shape index (κ2) is 14.8. The summed E-state index contributed by atoms with van der Waals surface area (Å²) in [5, 5.41) is 18.2. The second-order valence-corrected chi connectivity index (χ2v) is 12.3. The largest absolute Gasteiger partial charge is 0.490 e. The molecule has 2 aliphatic heterocycles. The molecule has 0 aliphatic carbocycles. The van der Waals surface area contributed by atoms with Crippen LogP contribution in [0.25, 0.3) is 0 Å². The normalized spacial score (nSPS) is 16.3. The highest BCUT2D eigenvalue weighted by atomic mass is 79.9. The number of halogens is 2. The number of ketones is 1. The molecule has 0 amide bonds. The monoisotopic (exact) mass is 676 g/mol. The predicted octanol–water partition coefficient (Wildman–Crippen LogP) is 5.50. The number of hydrogen-bond acceptors (Lipinski definition) is 7. The number of nitrogens with zero attached hydrogens (tertiary/aromatic N) is 3. The van der Waals surface area contributed by atoms with E-state index in [2.05, 4.69) is 31.7 Å². The summed E-state index contributed by atoms with van der Waals surface area (Å²) in [6.07, 6.45) is 0.571. The molecule has 9 nitrogen and oxygen atoms in total. The van der Waals surface area contributed by atoms with Gasteiger partial charge in [-0.05, 0) is 60.6 Å². The number of benzene rings is 2. The number of carboxylic acid groups (broad SMARTS) is 1. The van der Waals surface area contributed by atoms with Crippen LogP contribution in [0.5, 0.6) is 11.5 Å². The quantitative estimate of drug-likeness (QED) is 0.284. The first-order chi connectivity index (χ1) is 20.4. The Morgan fingerprint density at radius 2 is 1.68 bits per heavy atom. The molecule has 0 saturated carbocycles. The Labute approximate surface area is 270 Å². The third-order valence-electron chi connectivity index (χ3n) is 8.21. The smallest absolute Gasteiger partial charge is 0.320 e. The summed E-state index contributed by atoms with van der Waals surface area (Å²) < 4.78 is 26.7. The molecule has 4 rings (SSSR count). The van der Waals surface area contributed by atoms with Gasteiger partial charge in [0, 0.05) is 44.8 Å². The van der Waals surface area contributed by atoms with E-state index in [0.29, 0.717) is 49.5 Å². The number of amidine groups is 1. The highest BCUT2D eigenvalue weighted by Gasteiger charge is 2.33. The maximum atomic E-state index is 15.5. The zero-order valence-corrected chi connectivity index (χ0v) is 28.4. The standard InChI is InChI=1S/C33H45FN4O5.BrH/c1-7-25(32(40)41)37-12-10-36(11-13-37)18-21-14-22(16-24(15-21)33(4,5)6)26(39)20-38-19-23-17-27(42-8-2)30(43-9-3)29(34)28(23)31(38)35;/h14-17,25,35H,7-13,18-20H2,1-6H3,(H,40,41);1H. The van der Waals surface area contributed by atoms with Crippen LogP contribution in [-0.2, 0) is 23.3 Å². The number of aliphatic carboxylic acids is 1. The van der Waals surface area contributed by atoms with Crippen molar-refractivity contribution in [2.75, 3.05) is 45.9 Å². The molecule has 2 N–H and O–H groups in total. The minimum absolute atomic E-state index is 0. The van der Waals surface area contributed by atoms with Crippen molar-refractivity contribution < 1.29 is 28.6 Å². The molecular weight excluding hydrogens is 631 g/mol. The van der Waals surface area contributed by atoms with Crippen molar-refractivity contribution in [1.29, 1.82) is 5.41 Å². The van der Waals surface area contributed by atoms with Crippen LogP contribution in [0.1, 0.15) is 80.6 Å². The summed E-state index contributed by atoms with van der Waals surface area (Å²) in [7, 11) is 0. The van der Waals surface area contributed by atoms with E-state index in [4.69, 9.17) is 14.9 Å². The van der Waals surface area contributed by atoms with E-state index in [-0.39, 0.29) is 65.0 Å². The number of fused-ring (bicyclic) bond motifs is 1. The Kier molecular flexibility index (Phi) is 12.0. The molecule has 1 saturated heterocycles. The predicted molar refractivity (Wildman–Crippen MR) is 174 cm³/mol. The highest BCUT2D eigenvalue weighted by molar-refractivity contribution is 8.93. The van der Waals surface area contributed by atoms with Crippen LogP contribution < -0.4 is 9.47 Å². The van der Waals surface area contributed by atoms with Gasteiger partial charge in [0.25, 0.3) is 0 Å². The van der Waals surface area contributed by atoms with Crippen LogP contribution in [-0.4, -0.2) is 89.4 Å². The molecule has 2 heterocycles. The zero-order chi connectivity index (χ0) is 31.5. The minimum Gasteiger partial charge on any atom is -0.490 e. The molecule has 0 aromatic heterocycles. The molecule has 0 bridgehead atoms. The van der Waals surface area contributed by atoms with Crippen molar-refractivity contribution in [3.05, 3.63) is 57.9 Å². The first-order valence-electron chi connectivity index (χ1n) is 15.2. The van der Waals surface area contributed by atoms with E-state index in [1.807, 2.05) is 30.9 Å². The van der Waals surface area contributed by atoms with Crippen molar-refractivity contribution in [1.82, 2.24) is 14.7 Å². The number of piperazine rings is 1. The molecule has 2 aromatic carbocycles. The van der Waals surface area contributed by atoms with Crippen molar-refractivity contribution in [2.24, 2.45) is 0 Å². The Hall–Kier alpha value is -3.02. The molecule has 0 radical (unpaired) electrons. The van der Waals surface area contributed by atoms with Crippen LogP contribution >= 0.6 is 17.0 Å². The summed E-state index contributed by atoms with van der Waals surface area (Å²) in [4.78, 5) is 31.2. The van der Waals surface area contributed by atoms with Crippen molar-refractivity contribution in [3.8, 4) is 11.5 Å². The maximum Gasteiger partial charge on any atom is 0.320 e. The molecule has 1 fully saturated rings. The van der Waals surface area contributed by atoms with Crippen LogP contribution in [0.3, 0.4) is 0 Å². The van der Waals surface area contributed by atoms with E-state index in [1.165, 1.54) is 0 Å². The third kappa shape index (κ3) is 7.79. The fourth-order valence-corrected chi connectivity index (χ4v) is 5.88. The average molecular weight is 678 g/mol. The molecule has 2 aromatic rings. The van der Waals surface area contributed by atoms with Crippen LogP contribution in [0.15, 0.2) is 24.3 Å². The van der Waals surface area contributed by atoms with E-state index < -0.39 is 17.8 Å². The molecule has 1 atom stereocenters. The molecular formula is C33H46BrFN4O5. The SMILES string of the molecule is Br.CCOc1cc2c(c(F)c1OCC)C(=N)N(CC(=O)c1cc(CN3CCN(C(CC)C(=O)O)CC3)cc(C(C)(C)C)c1)C2. The minimum atomic E-state index is -0.779. The summed E-state index contributed by atoms with van der Waals surface area (Å²) in [6.45, 7) is 16.1. The number of ether oxygens (including phenoxy) is 2. The number of rotatable bonds is 12. The molecule has 1 unspecified atom stereocenters. The second-order valence-electron chi connectivity index (χ2n) is 12.3. The van der Waals surface area contributed by atoms with Crippen molar-refractivity contribution in [2.45, 2.75) is 72.5 Å². The van der Waals surface area contributed by atoms with Crippen LogP contribution in [0, 0.1) is 11.2 Å². The van der Waals surface area contributed by atoms with Gasteiger partial charge in [-0.3, -0.25) is 24.8 Å². The summed E-state index contributed by atoms with van der Waals surface area (Å²) in [5.74, 6) is -1.29. The maximum absolute atomic E-state index is 15.5. The zero-order valence-electron chi connectivity index (χ0n) is 26.7. The first kappa shape index (κ1) is 35.5. The Bertz CT molecular complexity index is 1370. The number of carbonyl (C=O) groups is 2. The Morgan fingerprint density at radius 1 is 1.02 bits per heavy atom. The number of carboxylic acids is 1. The summed E-state index contributed by atoms with van der Waals surface area (Å²) in [5.41, 5.74) is 3.17. The van der Waals surface area contributed by atoms with E-state index >= 15 is 4.39 Å². The fraction of sp³-hybridized carbons (Fsp3) is 0.545. The lowest BCUT2D eigenvalue weighted by Gasteiger charge is -2.37. The highest BCUT2D eigenvalue weighted by Crippen LogP contribution is 2.39. The van der Waals surface area contributed by atoms with Gasteiger partial charge in [0.2, 0.25) is 0 Å². The van der Waals surface area contributed by atoms with Crippen LogP contribution in [0.2, 0.25) is 0 Å². The Balaban J connectivity index is 0.00000529. The molecule has 11 heteroatoms. The molecule has 242 valence electrons. The number of hydrogen-bond donors (Lipinski definition) is 2. The van der Waals surface area contributed by atoms with Crippen molar-refractivity contribution in [3.63, 3.8) is 0 Å². The first-order valence-corrected chi connectivity index (χ1v) is 15.2. The molecule has 44 heavy (non-hydrogen) atoms. The number of nitrogens with one attached hydrogen (secondary N) is 1. The Morgan fingerprint density at radius 3 is 2.25 bits per heavy atom. The fourth-order valence-electron chi connectivity index (χ4n) is 5.88. The lowest BCUT2D eigenvalue weighted by atomic mass is 9.84. The number of Topliss-reactive ketones (excluding diaryl/α,β-unsaturated/α-hetero) is 1. The molecule has 0 spiro atoms. The summed E-state index contributed by atoms with van der Waals surface area (Å²) in [6, 6.07) is 7.24. The van der Waals surface area contributed by atoms with E-state index in [1.54, 1.807) is 17.9 Å². The van der Waals surface area contributed by atoms with Gasteiger partial charge in [-0.25, -0.2) is 4.39 Å². The summed E-state index contributed by atoms with van der Waals surface area (Å²) >= 11 is 0. The van der Waals surface area contributed by atoms with Gasteiger partial charge in [-0.2, -0.15) is 0 Å². The van der Waals surface area contributed by atoms with Gasteiger partial charge in [-0.15, -0.1) is 17.0 Å². The van der Waals surface area contributed by atoms with Gasteiger partial charge in [-0.1, -0.05) is 33.8 Å². The lowest BCUT2D eigenvalue weighted by molar-refractivity contribution is -0.144. The lowest BCUT2D eigenvalue weighted by Crippen LogP contribution is -2.52. The van der Waals surface area contributed by atoms with E-state index in [0.717, 1.165) is 24.2 Å². The van der Waals surface area contributed by atoms with Gasteiger partial charge in [0.05, 0.1) is 25.3 Å². The van der Waals surface area contributed by atoms with Gasteiger partial charge >= 0.3 is 5.97 Å². The van der Waals surface area contributed by atoms with Crippen molar-refractivity contribution >= 4 is 34.6 Å². The topological polar surface area (TPSA) is 106 Å². The van der Waals surface area contributed by atoms with Gasteiger partial charge < -0.3 is 19.5 Å². The third-order valence-corrected chi connectivity index (χ3v) is 8.21. The number of carbonyl (C=O) groups excluding carboxylic acids is 1. The average Bonchev–Trinajstić information content (AvgIpc) is 3.26. The molecule has 2 aliphatic rings. The van der Waals surface area contributed by atoms with Crippen LogP contribution in [0.4, 0.5) is 4.39 Å². The van der Waals surface area contributed by atoms with Gasteiger partial charge in [0.1, 0.15) is 11.9 Å².